The van der Waals surface area contributed by atoms with Crippen molar-refractivity contribution < 1.29 is 14.6 Å². The summed E-state index contributed by atoms with van der Waals surface area (Å²) in [6.45, 7) is 2.54. The Labute approximate surface area is 100 Å². The first-order valence-electron chi connectivity index (χ1n) is 5.56. The summed E-state index contributed by atoms with van der Waals surface area (Å²) in [5, 5.41) is 9.24. The quantitative estimate of drug-likeness (QED) is 0.850. The van der Waals surface area contributed by atoms with Gasteiger partial charge in [0, 0.05) is 38.2 Å². The Morgan fingerprint density at radius 2 is 2.41 bits per heavy atom. The van der Waals surface area contributed by atoms with Crippen LogP contribution in [0.4, 0.5) is 5.69 Å². The molecule has 1 saturated heterocycles. The number of anilines is 1. The SMILES string of the molecule is COC1CC(C(=O)O)N(c2ccncc2C)C1. The molecule has 0 bridgehead atoms. The Bertz CT molecular complexity index is 422. The van der Waals surface area contributed by atoms with E-state index in [1.165, 1.54) is 0 Å². The fraction of sp³-hybridized carbons (Fsp3) is 0.500. The number of aliphatic carboxylic acids is 1. The van der Waals surface area contributed by atoms with Crippen molar-refractivity contribution in [3.05, 3.63) is 24.0 Å². The molecule has 1 aromatic rings. The molecule has 1 aliphatic heterocycles. The highest BCUT2D eigenvalue weighted by molar-refractivity contribution is 5.79. The third-order valence-electron chi connectivity index (χ3n) is 3.18. The molecule has 1 fully saturated rings. The van der Waals surface area contributed by atoms with Crippen molar-refractivity contribution in [2.24, 2.45) is 0 Å². The van der Waals surface area contributed by atoms with Gasteiger partial charge >= 0.3 is 5.97 Å². The normalized spacial score (nSPS) is 24.0. The van der Waals surface area contributed by atoms with Gasteiger partial charge in [-0.3, -0.25) is 4.98 Å². The van der Waals surface area contributed by atoms with Crippen LogP contribution in [0.5, 0.6) is 0 Å². The van der Waals surface area contributed by atoms with Crippen molar-refractivity contribution >= 4 is 11.7 Å². The summed E-state index contributed by atoms with van der Waals surface area (Å²) in [5.74, 6) is -0.805. The summed E-state index contributed by atoms with van der Waals surface area (Å²) in [6, 6.07) is 1.34. The monoisotopic (exact) mass is 236 g/mol. The Morgan fingerprint density at radius 3 is 3.00 bits per heavy atom. The first kappa shape index (κ1) is 11.9. The number of carbonyl (C=O) groups is 1. The summed E-state index contributed by atoms with van der Waals surface area (Å²) in [6.07, 6.45) is 3.92. The average molecular weight is 236 g/mol. The van der Waals surface area contributed by atoms with Gasteiger partial charge in [0.2, 0.25) is 0 Å². The largest absolute Gasteiger partial charge is 0.480 e. The van der Waals surface area contributed by atoms with Crippen LogP contribution in [-0.4, -0.2) is 41.9 Å². The highest BCUT2D eigenvalue weighted by atomic mass is 16.5. The maximum absolute atomic E-state index is 11.2. The maximum atomic E-state index is 11.2. The van der Waals surface area contributed by atoms with Crippen LogP contribution < -0.4 is 4.90 Å². The van der Waals surface area contributed by atoms with E-state index in [0.717, 1.165) is 11.3 Å². The Balaban J connectivity index is 2.30. The van der Waals surface area contributed by atoms with E-state index in [4.69, 9.17) is 4.74 Å². The highest BCUT2D eigenvalue weighted by Crippen LogP contribution is 2.29. The van der Waals surface area contributed by atoms with Gasteiger partial charge in [0.15, 0.2) is 0 Å². The van der Waals surface area contributed by atoms with Crippen LogP contribution in [-0.2, 0) is 9.53 Å². The van der Waals surface area contributed by atoms with E-state index in [-0.39, 0.29) is 6.10 Å². The zero-order valence-electron chi connectivity index (χ0n) is 9.96. The molecule has 92 valence electrons. The molecule has 0 radical (unpaired) electrons. The first-order valence-corrected chi connectivity index (χ1v) is 5.56. The molecule has 2 rings (SSSR count). The third kappa shape index (κ3) is 2.24. The number of carboxylic acid groups (broad SMARTS) is 1. The molecule has 0 aliphatic carbocycles. The molecular formula is C12H16N2O3. The number of methoxy groups -OCH3 is 1. The first-order chi connectivity index (χ1) is 8.13. The lowest BCUT2D eigenvalue weighted by Crippen LogP contribution is -2.36. The maximum Gasteiger partial charge on any atom is 0.326 e. The molecule has 0 saturated carbocycles. The van der Waals surface area contributed by atoms with E-state index in [0.29, 0.717) is 13.0 Å². The summed E-state index contributed by atoms with van der Waals surface area (Å²) < 4.78 is 5.26. The van der Waals surface area contributed by atoms with Crippen LogP contribution >= 0.6 is 0 Å². The summed E-state index contributed by atoms with van der Waals surface area (Å²) in [5.41, 5.74) is 1.91. The number of carboxylic acids is 1. The molecule has 17 heavy (non-hydrogen) atoms. The number of rotatable bonds is 3. The Kier molecular flexibility index (Phi) is 3.28. The smallest absolute Gasteiger partial charge is 0.326 e. The van der Waals surface area contributed by atoms with Crippen molar-refractivity contribution in [2.45, 2.75) is 25.5 Å². The van der Waals surface area contributed by atoms with E-state index >= 15 is 0 Å². The van der Waals surface area contributed by atoms with Gasteiger partial charge in [-0.15, -0.1) is 0 Å². The molecule has 0 aromatic carbocycles. The van der Waals surface area contributed by atoms with Gasteiger partial charge in [0.1, 0.15) is 6.04 Å². The van der Waals surface area contributed by atoms with Crippen molar-refractivity contribution in [1.82, 2.24) is 4.98 Å². The average Bonchev–Trinajstić information content (AvgIpc) is 2.73. The number of pyridine rings is 1. The van der Waals surface area contributed by atoms with Crippen molar-refractivity contribution in [2.75, 3.05) is 18.6 Å². The molecule has 2 atom stereocenters. The van der Waals surface area contributed by atoms with E-state index in [1.54, 1.807) is 19.5 Å². The fourth-order valence-electron chi connectivity index (χ4n) is 2.26. The van der Waals surface area contributed by atoms with Crippen LogP contribution in [0.25, 0.3) is 0 Å². The van der Waals surface area contributed by atoms with E-state index in [2.05, 4.69) is 4.98 Å². The number of aryl methyl sites for hydroxylation is 1. The van der Waals surface area contributed by atoms with Gasteiger partial charge in [-0.05, 0) is 18.6 Å². The van der Waals surface area contributed by atoms with E-state index < -0.39 is 12.0 Å². The molecule has 1 aliphatic rings. The zero-order valence-corrected chi connectivity index (χ0v) is 9.96. The minimum Gasteiger partial charge on any atom is -0.480 e. The van der Waals surface area contributed by atoms with Gasteiger partial charge in [0.25, 0.3) is 0 Å². The number of hydrogen-bond acceptors (Lipinski definition) is 4. The van der Waals surface area contributed by atoms with E-state index in [1.807, 2.05) is 17.9 Å². The minimum absolute atomic E-state index is 0.0244. The lowest BCUT2D eigenvalue weighted by atomic mass is 10.2. The van der Waals surface area contributed by atoms with Gasteiger partial charge < -0.3 is 14.7 Å². The van der Waals surface area contributed by atoms with Gasteiger partial charge in [0.05, 0.1) is 6.10 Å². The van der Waals surface area contributed by atoms with E-state index in [9.17, 15) is 9.90 Å². The van der Waals surface area contributed by atoms with Crippen molar-refractivity contribution in [1.29, 1.82) is 0 Å². The summed E-state index contributed by atoms with van der Waals surface area (Å²) >= 11 is 0. The lowest BCUT2D eigenvalue weighted by Gasteiger charge is -2.24. The van der Waals surface area contributed by atoms with Crippen molar-refractivity contribution in [3.63, 3.8) is 0 Å². The zero-order chi connectivity index (χ0) is 12.4. The molecular weight excluding hydrogens is 220 g/mol. The van der Waals surface area contributed by atoms with Gasteiger partial charge in [-0.2, -0.15) is 0 Å². The standard InChI is InChI=1S/C12H16N2O3/c1-8-6-13-4-3-10(8)14-7-9(17-2)5-11(14)12(15)16/h3-4,6,9,11H,5,7H2,1-2H3,(H,15,16). The second-order valence-electron chi connectivity index (χ2n) is 4.26. The molecule has 5 heteroatoms. The third-order valence-corrected chi connectivity index (χ3v) is 3.18. The van der Waals surface area contributed by atoms with Crippen LogP contribution in [0.1, 0.15) is 12.0 Å². The topological polar surface area (TPSA) is 62.7 Å². The second kappa shape index (κ2) is 4.71. The molecule has 0 amide bonds. The molecule has 2 unspecified atom stereocenters. The number of nitrogens with zero attached hydrogens (tertiary/aromatic N) is 2. The fourth-order valence-corrected chi connectivity index (χ4v) is 2.26. The predicted octanol–water partition coefficient (Wildman–Crippen LogP) is 1.07. The van der Waals surface area contributed by atoms with Crippen LogP contribution in [0.3, 0.4) is 0 Å². The van der Waals surface area contributed by atoms with Crippen LogP contribution in [0.2, 0.25) is 0 Å². The summed E-state index contributed by atoms with van der Waals surface area (Å²) in [7, 11) is 1.62. The highest BCUT2D eigenvalue weighted by Gasteiger charge is 2.37. The Hall–Kier alpha value is -1.62. The molecule has 5 nitrogen and oxygen atoms in total. The van der Waals surface area contributed by atoms with Crippen LogP contribution in [0.15, 0.2) is 18.5 Å². The molecule has 1 N–H and O–H groups in total. The lowest BCUT2D eigenvalue weighted by molar-refractivity contribution is -0.138. The number of aromatic nitrogens is 1. The molecule has 2 heterocycles. The van der Waals surface area contributed by atoms with Crippen molar-refractivity contribution in [3.8, 4) is 0 Å². The van der Waals surface area contributed by atoms with Gasteiger partial charge in [-0.25, -0.2) is 4.79 Å². The number of hydrogen-bond donors (Lipinski definition) is 1. The number of ether oxygens (including phenoxy) is 1. The van der Waals surface area contributed by atoms with Gasteiger partial charge in [-0.1, -0.05) is 0 Å². The summed E-state index contributed by atoms with van der Waals surface area (Å²) in [4.78, 5) is 17.1. The predicted molar refractivity (Wildman–Crippen MR) is 63.2 cm³/mol. The second-order valence-corrected chi connectivity index (χ2v) is 4.26. The van der Waals surface area contributed by atoms with Crippen LogP contribution in [0, 0.1) is 6.92 Å². The molecule has 0 spiro atoms. The Morgan fingerprint density at radius 1 is 1.65 bits per heavy atom. The molecule has 1 aromatic heterocycles. The minimum atomic E-state index is -0.805.